The fourth-order valence-electron chi connectivity index (χ4n) is 0.771. The molecule has 0 saturated heterocycles. The van der Waals surface area contributed by atoms with Gasteiger partial charge in [-0.05, 0) is 12.1 Å². The molecule has 1 rings (SSSR count). The molecule has 0 aliphatic carbocycles. The minimum Gasteiger partial charge on any atom is -0.504 e. The fraction of sp³-hybridized carbons (Fsp3) is 0.143. The number of hydrogen-bond acceptors (Lipinski definition) is 4. The van der Waals surface area contributed by atoms with Gasteiger partial charge >= 0.3 is 0 Å². The Kier molecular flexibility index (Phi) is 1.76. The van der Waals surface area contributed by atoms with Crippen molar-refractivity contribution in [1.29, 1.82) is 0 Å². The van der Waals surface area contributed by atoms with Gasteiger partial charge in [-0.15, -0.1) is 0 Å². The third-order valence-corrected chi connectivity index (χ3v) is 1.40. The van der Waals surface area contributed by atoms with Crippen LogP contribution in [-0.4, -0.2) is 22.4 Å². The van der Waals surface area contributed by atoms with Crippen molar-refractivity contribution < 1.29 is 15.3 Å². The van der Waals surface area contributed by atoms with Crippen molar-refractivity contribution in [2.75, 3.05) is 12.4 Å². The number of anilines is 1. The number of aromatic hydroxyl groups is 3. The molecule has 0 saturated carbocycles. The molecule has 0 atom stereocenters. The van der Waals surface area contributed by atoms with Crippen molar-refractivity contribution in [3.63, 3.8) is 0 Å². The molecule has 1 aromatic carbocycles. The molecule has 0 fully saturated rings. The molecule has 1 aromatic rings. The average molecular weight is 155 g/mol. The Morgan fingerprint density at radius 1 is 1.09 bits per heavy atom. The zero-order valence-electron chi connectivity index (χ0n) is 6.00. The molecule has 4 nitrogen and oxygen atoms in total. The van der Waals surface area contributed by atoms with Gasteiger partial charge in [-0.2, -0.15) is 0 Å². The number of phenolic OH excluding ortho intramolecular Hbond substituents is 3. The Hall–Kier alpha value is -1.58. The van der Waals surface area contributed by atoms with Crippen molar-refractivity contribution in [1.82, 2.24) is 0 Å². The Balaban J connectivity index is 3.25. The molecule has 0 unspecified atom stereocenters. The van der Waals surface area contributed by atoms with E-state index in [1.165, 1.54) is 12.1 Å². The Morgan fingerprint density at radius 2 is 1.73 bits per heavy atom. The molecule has 60 valence electrons. The van der Waals surface area contributed by atoms with E-state index in [0.29, 0.717) is 5.69 Å². The zero-order chi connectivity index (χ0) is 8.43. The van der Waals surface area contributed by atoms with Crippen LogP contribution in [0.2, 0.25) is 0 Å². The normalized spacial score (nSPS) is 9.55. The van der Waals surface area contributed by atoms with E-state index in [1.807, 2.05) is 0 Å². The zero-order valence-corrected chi connectivity index (χ0v) is 6.00. The van der Waals surface area contributed by atoms with Gasteiger partial charge in [0.15, 0.2) is 11.5 Å². The maximum Gasteiger partial charge on any atom is 0.202 e. The molecule has 0 aliphatic heterocycles. The van der Waals surface area contributed by atoms with Gasteiger partial charge in [-0.1, -0.05) is 0 Å². The molecule has 4 N–H and O–H groups in total. The van der Waals surface area contributed by atoms with Gasteiger partial charge in [0.1, 0.15) is 0 Å². The molecular formula is C7H9NO3. The summed E-state index contributed by atoms with van der Waals surface area (Å²) in [6, 6.07) is 2.76. The molecule has 0 aromatic heterocycles. The van der Waals surface area contributed by atoms with Crippen LogP contribution in [0.25, 0.3) is 0 Å². The summed E-state index contributed by atoms with van der Waals surface area (Å²) in [5, 5.41) is 29.6. The Morgan fingerprint density at radius 3 is 2.27 bits per heavy atom. The standard InChI is InChI=1S/C7H9NO3/c1-8-4-2-3-5(9)7(11)6(4)10/h2-3,8-11H,1H3. The highest BCUT2D eigenvalue weighted by molar-refractivity contribution is 5.65. The summed E-state index contributed by atoms with van der Waals surface area (Å²) in [5.74, 6) is -1.18. The highest BCUT2D eigenvalue weighted by Gasteiger charge is 2.08. The lowest BCUT2D eigenvalue weighted by Crippen LogP contribution is -1.87. The van der Waals surface area contributed by atoms with Crippen molar-refractivity contribution in [2.45, 2.75) is 0 Å². The quantitative estimate of drug-likeness (QED) is 0.358. The van der Waals surface area contributed by atoms with Gasteiger partial charge in [-0.3, -0.25) is 0 Å². The number of rotatable bonds is 1. The van der Waals surface area contributed by atoms with Crippen molar-refractivity contribution in [3.05, 3.63) is 12.1 Å². The van der Waals surface area contributed by atoms with Crippen LogP contribution in [0.5, 0.6) is 17.2 Å². The summed E-state index contributed by atoms with van der Waals surface area (Å²) in [6.45, 7) is 0. The van der Waals surface area contributed by atoms with Crippen LogP contribution >= 0.6 is 0 Å². The Bertz CT molecular complexity index is 273. The summed E-state index contributed by atoms with van der Waals surface area (Å²) in [5.41, 5.74) is 0.375. The van der Waals surface area contributed by atoms with Crippen LogP contribution in [-0.2, 0) is 0 Å². The molecule has 0 radical (unpaired) electrons. The smallest absolute Gasteiger partial charge is 0.202 e. The van der Waals surface area contributed by atoms with E-state index >= 15 is 0 Å². The van der Waals surface area contributed by atoms with E-state index in [4.69, 9.17) is 15.3 Å². The second-order valence-electron chi connectivity index (χ2n) is 2.08. The lowest BCUT2D eigenvalue weighted by atomic mass is 10.2. The lowest BCUT2D eigenvalue weighted by Gasteiger charge is -2.05. The first-order valence-electron chi connectivity index (χ1n) is 3.08. The van der Waals surface area contributed by atoms with Crippen LogP contribution in [0.4, 0.5) is 5.69 Å². The summed E-state index contributed by atoms with van der Waals surface area (Å²) >= 11 is 0. The minimum atomic E-state index is -0.503. The molecular weight excluding hydrogens is 146 g/mol. The van der Waals surface area contributed by atoms with E-state index in [0.717, 1.165) is 0 Å². The first-order valence-corrected chi connectivity index (χ1v) is 3.08. The average Bonchev–Trinajstić information content (AvgIpc) is 2.01. The van der Waals surface area contributed by atoms with Crippen LogP contribution in [0.3, 0.4) is 0 Å². The number of hydrogen-bond donors (Lipinski definition) is 4. The van der Waals surface area contributed by atoms with Gasteiger partial charge in [0.05, 0.1) is 5.69 Å². The summed E-state index contributed by atoms with van der Waals surface area (Å²) in [6.07, 6.45) is 0. The topological polar surface area (TPSA) is 72.7 Å². The highest BCUT2D eigenvalue weighted by atomic mass is 16.3. The minimum absolute atomic E-state index is 0.332. The van der Waals surface area contributed by atoms with Gasteiger partial charge in [0, 0.05) is 7.05 Å². The molecule has 0 bridgehead atoms. The van der Waals surface area contributed by atoms with Gasteiger partial charge in [0.2, 0.25) is 5.75 Å². The van der Waals surface area contributed by atoms with E-state index in [1.54, 1.807) is 7.05 Å². The molecule has 4 heteroatoms. The number of benzene rings is 1. The van der Waals surface area contributed by atoms with Gasteiger partial charge in [0.25, 0.3) is 0 Å². The van der Waals surface area contributed by atoms with Crippen molar-refractivity contribution >= 4 is 5.69 Å². The maximum absolute atomic E-state index is 9.11. The van der Waals surface area contributed by atoms with Crippen LogP contribution < -0.4 is 5.32 Å². The first kappa shape index (κ1) is 7.53. The summed E-state index contributed by atoms with van der Waals surface area (Å²) < 4.78 is 0. The van der Waals surface area contributed by atoms with Crippen LogP contribution in [0.15, 0.2) is 12.1 Å². The SMILES string of the molecule is CNc1ccc(O)c(O)c1O. The second kappa shape index (κ2) is 2.57. The number of nitrogens with one attached hydrogen (secondary N) is 1. The second-order valence-corrected chi connectivity index (χ2v) is 2.08. The monoisotopic (exact) mass is 155 g/mol. The third-order valence-electron chi connectivity index (χ3n) is 1.40. The highest BCUT2D eigenvalue weighted by Crippen LogP contribution is 2.39. The van der Waals surface area contributed by atoms with Crippen LogP contribution in [0.1, 0.15) is 0 Å². The van der Waals surface area contributed by atoms with Crippen molar-refractivity contribution in [3.8, 4) is 17.2 Å². The van der Waals surface area contributed by atoms with Crippen molar-refractivity contribution in [2.24, 2.45) is 0 Å². The van der Waals surface area contributed by atoms with E-state index in [9.17, 15) is 0 Å². The van der Waals surface area contributed by atoms with E-state index in [2.05, 4.69) is 5.32 Å². The predicted octanol–water partition coefficient (Wildman–Crippen LogP) is 0.845. The lowest BCUT2D eigenvalue weighted by molar-refractivity contribution is 0.369. The third kappa shape index (κ3) is 1.14. The predicted molar refractivity (Wildman–Crippen MR) is 41.0 cm³/mol. The molecule has 0 aliphatic rings. The van der Waals surface area contributed by atoms with E-state index in [-0.39, 0.29) is 11.5 Å². The molecule has 11 heavy (non-hydrogen) atoms. The molecule has 0 amide bonds. The van der Waals surface area contributed by atoms with Crippen LogP contribution in [0, 0.1) is 0 Å². The molecule has 0 heterocycles. The summed E-state index contributed by atoms with van der Waals surface area (Å²) in [4.78, 5) is 0. The first-order chi connectivity index (χ1) is 5.16. The molecule has 0 spiro atoms. The fourth-order valence-corrected chi connectivity index (χ4v) is 0.771. The van der Waals surface area contributed by atoms with Gasteiger partial charge in [-0.25, -0.2) is 0 Å². The van der Waals surface area contributed by atoms with Gasteiger partial charge < -0.3 is 20.6 Å². The maximum atomic E-state index is 9.11. The number of phenols is 3. The van der Waals surface area contributed by atoms with E-state index < -0.39 is 5.75 Å². The largest absolute Gasteiger partial charge is 0.504 e. The Labute approximate surface area is 63.7 Å². The summed E-state index contributed by atoms with van der Waals surface area (Å²) in [7, 11) is 1.60.